The zero-order valence-corrected chi connectivity index (χ0v) is 18.4. The Hall–Kier alpha value is -4.26. The van der Waals surface area contributed by atoms with Crippen LogP contribution in [0.4, 0.5) is 0 Å². The van der Waals surface area contributed by atoms with Crippen molar-refractivity contribution in [2.75, 3.05) is 13.2 Å². The average Bonchev–Trinajstić information content (AvgIpc) is 3.29. The Kier molecular flexibility index (Phi) is 6.59. The van der Waals surface area contributed by atoms with Crippen LogP contribution in [0.15, 0.2) is 78.9 Å². The van der Waals surface area contributed by atoms with Crippen LogP contribution in [-0.2, 0) is 4.74 Å². The fourth-order valence-corrected chi connectivity index (χ4v) is 3.22. The van der Waals surface area contributed by atoms with Crippen LogP contribution in [0.2, 0.25) is 0 Å². The molecule has 0 radical (unpaired) electrons. The maximum Gasteiger partial charge on any atom is 0.378 e. The van der Waals surface area contributed by atoms with Crippen LogP contribution in [-0.4, -0.2) is 39.7 Å². The number of hydrogen-bond acceptors (Lipinski definition) is 6. The molecule has 1 aromatic heterocycles. The number of hydrogen-bond donors (Lipinski definition) is 0. The van der Waals surface area contributed by atoms with Crippen LogP contribution in [0.5, 0.6) is 5.75 Å². The lowest BCUT2D eigenvalue weighted by Crippen LogP contribution is -2.15. The maximum absolute atomic E-state index is 12.7. The van der Waals surface area contributed by atoms with Crippen molar-refractivity contribution in [3.8, 4) is 22.8 Å². The molecule has 166 valence electrons. The van der Waals surface area contributed by atoms with Gasteiger partial charge in [0.1, 0.15) is 5.75 Å². The summed E-state index contributed by atoms with van der Waals surface area (Å²) in [5, 5.41) is 4.38. The van der Waals surface area contributed by atoms with E-state index in [-0.39, 0.29) is 18.2 Å². The van der Waals surface area contributed by atoms with Gasteiger partial charge in [-0.3, -0.25) is 4.79 Å². The van der Waals surface area contributed by atoms with Gasteiger partial charge in [0.25, 0.3) is 5.82 Å². The number of benzene rings is 3. The van der Waals surface area contributed by atoms with E-state index < -0.39 is 5.97 Å². The minimum atomic E-state index is -0.766. The van der Waals surface area contributed by atoms with Gasteiger partial charge in [0, 0.05) is 11.1 Å². The summed E-state index contributed by atoms with van der Waals surface area (Å²) in [6.07, 6.45) is 0. The molecule has 0 aliphatic carbocycles. The second-order valence-electron chi connectivity index (χ2n) is 7.33. The predicted octanol–water partition coefficient (Wildman–Crippen LogP) is 4.68. The first kappa shape index (κ1) is 22.0. The summed E-state index contributed by atoms with van der Waals surface area (Å²) in [5.41, 5.74) is 3.07. The van der Waals surface area contributed by atoms with Crippen LogP contribution < -0.4 is 4.74 Å². The molecule has 0 aliphatic rings. The van der Waals surface area contributed by atoms with Gasteiger partial charge in [-0.15, -0.1) is 5.10 Å². The summed E-state index contributed by atoms with van der Waals surface area (Å²) >= 11 is 0. The molecule has 0 atom stereocenters. The number of aromatic nitrogens is 3. The second-order valence-corrected chi connectivity index (χ2v) is 7.33. The highest BCUT2D eigenvalue weighted by Gasteiger charge is 2.21. The zero-order chi connectivity index (χ0) is 23.2. The number of nitrogens with zero attached hydrogens (tertiary/aromatic N) is 3. The fourth-order valence-electron chi connectivity index (χ4n) is 3.22. The van der Waals surface area contributed by atoms with Crippen molar-refractivity contribution in [1.29, 1.82) is 0 Å². The molecule has 0 saturated heterocycles. The number of ether oxygens (including phenoxy) is 2. The van der Waals surface area contributed by atoms with Gasteiger partial charge in [-0.25, -0.2) is 14.5 Å². The minimum absolute atomic E-state index is 0.125. The first-order valence-corrected chi connectivity index (χ1v) is 10.6. The van der Waals surface area contributed by atoms with E-state index >= 15 is 0 Å². The zero-order valence-electron chi connectivity index (χ0n) is 18.4. The Morgan fingerprint density at radius 2 is 1.61 bits per heavy atom. The first-order chi connectivity index (χ1) is 16.0. The third kappa shape index (κ3) is 5.15. The van der Waals surface area contributed by atoms with Crippen molar-refractivity contribution in [2.45, 2.75) is 13.8 Å². The molecule has 1 heterocycles. The molecule has 3 aromatic carbocycles. The average molecular weight is 441 g/mol. The highest BCUT2D eigenvalue weighted by Crippen LogP contribution is 2.23. The quantitative estimate of drug-likeness (QED) is 0.292. The fraction of sp³-hybridized carbons (Fsp3) is 0.154. The molecule has 0 fully saturated rings. The van der Waals surface area contributed by atoms with Crippen LogP contribution in [0, 0.1) is 6.92 Å². The van der Waals surface area contributed by atoms with Crippen molar-refractivity contribution in [1.82, 2.24) is 14.8 Å². The Labute approximate surface area is 191 Å². The molecule has 0 amide bonds. The smallest absolute Gasteiger partial charge is 0.378 e. The van der Waals surface area contributed by atoms with Crippen molar-refractivity contribution in [3.63, 3.8) is 0 Å². The van der Waals surface area contributed by atoms with E-state index in [0.29, 0.717) is 23.7 Å². The normalized spacial score (nSPS) is 10.6. The monoisotopic (exact) mass is 441 g/mol. The van der Waals surface area contributed by atoms with E-state index in [0.717, 1.165) is 16.9 Å². The van der Waals surface area contributed by atoms with Gasteiger partial charge >= 0.3 is 5.97 Å². The van der Waals surface area contributed by atoms with Gasteiger partial charge in [0.2, 0.25) is 0 Å². The number of esters is 1. The standard InChI is InChI=1S/C26H23N3O4/c1-3-32-22-15-13-21(14-16-22)29-25(20-11-9-18(2)10-12-20)27-24(28-29)26(31)33-17-23(30)19-7-5-4-6-8-19/h4-16H,3,17H2,1-2H3. The summed E-state index contributed by atoms with van der Waals surface area (Å²) in [6, 6.07) is 23.7. The number of aryl methyl sites for hydroxylation is 1. The summed E-state index contributed by atoms with van der Waals surface area (Å²) in [5.74, 6) is 0.0316. The van der Waals surface area contributed by atoms with E-state index in [1.54, 1.807) is 28.9 Å². The lowest BCUT2D eigenvalue weighted by atomic mass is 10.1. The molecule has 0 unspecified atom stereocenters. The molecule has 4 rings (SSSR count). The lowest BCUT2D eigenvalue weighted by molar-refractivity contribution is 0.0462. The number of carbonyl (C=O) groups excluding carboxylic acids is 2. The minimum Gasteiger partial charge on any atom is -0.494 e. The molecular formula is C26H23N3O4. The van der Waals surface area contributed by atoms with Gasteiger partial charge in [0.05, 0.1) is 12.3 Å². The van der Waals surface area contributed by atoms with Crippen LogP contribution >= 0.6 is 0 Å². The highest BCUT2D eigenvalue weighted by atomic mass is 16.5. The molecule has 0 N–H and O–H groups in total. The first-order valence-electron chi connectivity index (χ1n) is 10.6. The van der Waals surface area contributed by atoms with Gasteiger partial charge in [0.15, 0.2) is 18.2 Å². The lowest BCUT2D eigenvalue weighted by Gasteiger charge is -2.08. The van der Waals surface area contributed by atoms with Crippen molar-refractivity contribution < 1.29 is 19.1 Å². The SMILES string of the molecule is CCOc1ccc(-n2nc(C(=O)OCC(=O)c3ccccc3)nc2-c2ccc(C)cc2)cc1. The van der Waals surface area contributed by atoms with E-state index in [2.05, 4.69) is 10.1 Å². The molecule has 7 nitrogen and oxygen atoms in total. The van der Waals surface area contributed by atoms with Gasteiger partial charge in [-0.05, 0) is 38.1 Å². The highest BCUT2D eigenvalue weighted by molar-refractivity contribution is 5.98. The van der Waals surface area contributed by atoms with Gasteiger partial charge < -0.3 is 9.47 Å². The molecule has 0 bridgehead atoms. The Morgan fingerprint density at radius 1 is 0.909 bits per heavy atom. The second kappa shape index (κ2) is 9.91. The van der Waals surface area contributed by atoms with E-state index in [1.807, 2.05) is 68.4 Å². The molecular weight excluding hydrogens is 418 g/mol. The number of rotatable bonds is 8. The van der Waals surface area contributed by atoms with E-state index in [1.165, 1.54) is 0 Å². The molecule has 33 heavy (non-hydrogen) atoms. The Balaban J connectivity index is 1.62. The molecule has 0 saturated carbocycles. The van der Waals surface area contributed by atoms with Crippen molar-refractivity contribution >= 4 is 11.8 Å². The topological polar surface area (TPSA) is 83.3 Å². The number of ketones is 1. The molecule has 4 aromatic rings. The third-order valence-electron chi connectivity index (χ3n) is 4.92. The third-order valence-corrected chi connectivity index (χ3v) is 4.92. The Bertz CT molecular complexity index is 1250. The summed E-state index contributed by atoms with van der Waals surface area (Å²) in [4.78, 5) is 29.4. The number of carbonyl (C=O) groups is 2. The molecule has 0 spiro atoms. The van der Waals surface area contributed by atoms with Crippen LogP contribution in [0.1, 0.15) is 33.5 Å². The van der Waals surface area contributed by atoms with E-state index in [9.17, 15) is 9.59 Å². The molecule has 7 heteroatoms. The maximum atomic E-state index is 12.7. The van der Waals surface area contributed by atoms with Gasteiger partial charge in [-0.1, -0.05) is 60.2 Å². The summed E-state index contributed by atoms with van der Waals surface area (Å²) < 4.78 is 12.3. The predicted molar refractivity (Wildman–Crippen MR) is 124 cm³/mol. The van der Waals surface area contributed by atoms with Crippen molar-refractivity contribution in [2.24, 2.45) is 0 Å². The molecule has 0 aliphatic heterocycles. The van der Waals surface area contributed by atoms with Crippen molar-refractivity contribution in [3.05, 3.63) is 95.8 Å². The summed E-state index contributed by atoms with van der Waals surface area (Å²) in [7, 11) is 0. The summed E-state index contributed by atoms with van der Waals surface area (Å²) in [6.45, 7) is 4.09. The number of Topliss-reactive ketones (excluding diaryl/α,β-unsaturated/α-hetero) is 1. The van der Waals surface area contributed by atoms with Crippen LogP contribution in [0.25, 0.3) is 17.1 Å². The van der Waals surface area contributed by atoms with E-state index in [4.69, 9.17) is 9.47 Å². The Morgan fingerprint density at radius 3 is 2.27 bits per heavy atom. The van der Waals surface area contributed by atoms with Gasteiger partial charge in [-0.2, -0.15) is 0 Å². The van der Waals surface area contributed by atoms with Crippen LogP contribution in [0.3, 0.4) is 0 Å². The largest absolute Gasteiger partial charge is 0.494 e.